The Bertz CT molecular complexity index is 879. The maximum atomic E-state index is 12.4. The van der Waals surface area contributed by atoms with E-state index >= 15 is 0 Å². The molecule has 0 spiro atoms. The fourth-order valence-corrected chi connectivity index (χ4v) is 3.39. The molecule has 1 fully saturated rings. The maximum absolute atomic E-state index is 12.4. The lowest BCUT2D eigenvalue weighted by Crippen LogP contribution is -2.17. The molecule has 0 atom stereocenters. The van der Waals surface area contributed by atoms with Crippen molar-refractivity contribution in [2.75, 3.05) is 19.8 Å². The minimum Gasteiger partial charge on any atom is -0.486 e. The normalized spacial score (nSPS) is 15.6. The molecule has 4 rings (SSSR count). The first-order chi connectivity index (χ1) is 12.5. The number of esters is 1. The minimum absolute atomic E-state index is 0.272. The van der Waals surface area contributed by atoms with Crippen LogP contribution in [0.2, 0.25) is 0 Å². The summed E-state index contributed by atoms with van der Waals surface area (Å²) in [4.78, 5) is 24.8. The summed E-state index contributed by atoms with van der Waals surface area (Å²) in [5.41, 5.74) is 2.92. The second kappa shape index (κ2) is 6.52. The van der Waals surface area contributed by atoms with E-state index in [1.165, 1.54) is 0 Å². The van der Waals surface area contributed by atoms with E-state index in [1.54, 1.807) is 18.2 Å². The van der Waals surface area contributed by atoms with E-state index in [0.29, 0.717) is 41.9 Å². The highest BCUT2D eigenvalue weighted by Crippen LogP contribution is 2.38. The molecule has 2 aromatic rings. The van der Waals surface area contributed by atoms with Crippen LogP contribution in [-0.4, -0.2) is 36.1 Å². The Morgan fingerprint density at radius 2 is 1.85 bits per heavy atom. The topological polar surface area (TPSA) is 66.8 Å². The molecule has 1 aliphatic heterocycles. The first-order valence-electron chi connectivity index (χ1n) is 8.83. The number of nitrogens with zero attached hydrogens (tertiary/aromatic N) is 1. The molecule has 136 valence electrons. The molecule has 0 amide bonds. The molecule has 0 radical (unpaired) electrons. The predicted molar refractivity (Wildman–Crippen MR) is 94.2 cm³/mol. The molecule has 2 aliphatic rings. The summed E-state index contributed by atoms with van der Waals surface area (Å²) in [6.45, 7) is 4.56. The Morgan fingerprint density at radius 1 is 1.12 bits per heavy atom. The van der Waals surface area contributed by atoms with Gasteiger partial charge in [0.05, 0.1) is 5.56 Å². The Kier molecular flexibility index (Phi) is 4.18. The third kappa shape index (κ3) is 3.07. The summed E-state index contributed by atoms with van der Waals surface area (Å²) < 4.78 is 18.4. The van der Waals surface area contributed by atoms with Gasteiger partial charge in [-0.3, -0.25) is 4.79 Å². The van der Waals surface area contributed by atoms with Crippen LogP contribution in [0.4, 0.5) is 0 Å². The van der Waals surface area contributed by atoms with Crippen LogP contribution in [0.25, 0.3) is 0 Å². The number of carbonyl (C=O) groups excluding carboxylic acids is 2. The van der Waals surface area contributed by atoms with E-state index in [4.69, 9.17) is 14.2 Å². The zero-order valence-corrected chi connectivity index (χ0v) is 14.9. The van der Waals surface area contributed by atoms with Gasteiger partial charge in [-0.05, 0) is 51.0 Å². The first kappa shape index (κ1) is 16.7. The smallest absolute Gasteiger partial charge is 0.340 e. The average molecular weight is 355 g/mol. The van der Waals surface area contributed by atoms with Crippen LogP contribution in [0.15, 0.2) is 24.3 Å². The summed E-state index contributed by atoms with van der Waals surface area (Å²) in [7, 11) is 0. The zero-order chi connectivity index (χ0) is 18.3. The van der Waals surface area contributed by atoms with Crippen LogP contribution in [0.3, 0.4) is 0 Å². The third-order valence-electron chi connectivity index (χ3n) is 4.81. The first-order valence-corrected chi connectivity index (χ1v) is 8.83. The standard InChI is InChI=1S/C20H21NO5/c1-12-9-16(13(2)21(12)15-4-5-15)20(23)26-11-17(22)14-3-6-18-19(10-14)25-8-7-24-18/h3,6,9-10,15H,4-5,7-8,11H2,1-2H3. The number of hydrogen-bond acceptors (Lipinski definition) is 5. The van der Waals surface area contributed by atoms with Crippen molar-refractivity contribution in [3.05, 3.63) is 46.8 Å². The minimum atomic E-state index is -0.462. The number of ketones is 1. The number of benzene rings is 1. The van der Waals surface area contributed by atoms with E-state index in [9.17, 15) is 9.59 Å². The highest BCUT2D eigenvalue weighted by molar-refractivity contribution is 6.00. The molecule has 1 saturated carbocycles. The van der Waals surface area contributed by atoms with Crippen LogP contribution < -0.4 is 9.47 Å². The van der Waals surface area contributed by atoms with Crippen molar-refractivity contribution in [1.82, 2.24) is 4.57 Å². The molecule has 6 heteroatoms. The van der Waals surface area contributed by atoms with E-state index in [0.717, 1.165) is 24.2 Å². The number of aryl methyl sites for hydroxylation is 1. The monoisotopic (exact) mass is 355 g/mol. The summed E-state index contributed by atoms with van der Waals surface area (Å²) in [5, 5.41) is 0. The molecule has 26 heavy (non-hydrogen) atoms. The number of aromatic nitrogens is 1. The van der Waals surface area contributed by atoms with Crippen molar-refractivity contribution in [2.24, 2.45) is 0 Å². The largest absolute Gasteiger partial charge is 0.486 e. The Morgan fingerprint density at radius 3 is 2.58 bits per heavy atom. The molecule has 1 aromatic carbocycles. The molecule has 6 nitrogen and oxygen atoms in total. The van der Waals surface area contributed by atoms with Gasteiger partial charge in [-0.1, -0.05) is 0 Å². The maximum Gasteiger partial charge on any atom is 0.340 e. The highest BCUT2D eigenvalue weighted by Gasteiger charge is 2.29. The highest BCUT2D eigenvalue weighted by atomic mass is 16.6. The molecular formula is C20H21NO5. The number of rotatable bonds is 5. The van der Waals surface area contributed by atoms with Gasteiger partial charge in [-0.15, -0.1) is 0 Å². The second-order valence-electron chi connectivity index (χ2n) is 6.74. The van der Waals surface area contributed by atoms with Crippen molar-refractivity contribution in [3.8, 4) is 11.5 Å². The summed E-state index contributed by atoms with van der Waals surface area (Å²) >= 11 is 0. The van der Waals surface area contributed by atoms with Gasteiger partial charge in [0.15, 0.2) is 23.9 Å². The lowest BCUT2D eigenvalue weighted by atomic mass is 10.1. The van der Waals surface area contributed by atoms with Crippen LogP contribution in [-0.2, 0) is 4.74 Å². The number of hydrogen-bond donors (Lipinski definition) is 0. The van der Waals surface area contributed by atoms with E-state index < -0.39 is 5.97 Å². The van der Waals surface area contributed by atoms with Gasteiger partial charge < -0.3 is 18.8 Å². The van der Waals surface area contributed by atoms with Gasteiger partial charge in [0.25, 0.3) is 0 Å². The van der Waals surface area contributed by atoms with Crippen molar-refractivity contribution in [1.29, 1.82) is 0 Å². The zero-order valence-electron chi connectivity index (χ0n) is 14.9. The van der Waals surface area contributed by atoms with Gasteiger partial charge in [0.1, 0.15) is 13.2 Å². The Hall–Kier alpha value is -2.76. The van der Waals surface area contributed by atoms with Gasteiger partial charge in [0.2, 0.25) is 0 Å². The third-order valence-corrected chi connectivity index (χ3v) is 4.81. The summed E-state index contributed by atoms with van der Waals surface area (Å²) in [5.74, 6) is 0.431. The Labute approximate surface area is 151 Å². The lowest BCUT2D eigenvalue weighted by molar-refractivity contribution is 0.0473. The molecule has 1 aromatic heterocycles. The fourth-order valence-electron chi connectivity index (χ4n) is 3.39. The molecule has 0 bridgehead atoms. The van der Waals surface area contributed by atoms with Crippen LogP contribution >= 0.6 is 0 Å². The molecular weight excluding hydrogens is 334 g/mol. The van der Waals surface area contributed by atoms with Crippen LogP contribution in [0, 0.1) is 13.8 Å². The van der Waals surface area contributed by atoms with E-state index in [2.05, 4.69) is 4.57 Å². The quantitative estimate of drug-likeness (QED) is 0.608. The Balaban J connectivity index is 1.43. The molecule has 0 unspecified atom stereocenters. The summed E-state index contributed by atoms with van der Waals surface area (Å²) in [6.07, 6.45) is 2.29. The number of Topliss-reactive ketones (excluding diaryl/α,β-unsaturated/α-hetero) is 1. The van der Waals surface area contributed by atoms with E-state index in [-0.39, 0.29) is 12.4 Å². The average Bonchev–Trinajstić information content (AvgIpc) is 3.43. The molecule has 2 heterocycles. The fraction of sp³-hybridized carbons (Fsp3) is 0.400. The number of ether oxygens (including phenoxy) is 3. The molecule has 1 aliphatic carbocycles. The lowest BCUT2D eigenvalue weighted by Gasteiger charge is -2.18. The van der Waals surface area contributed by atoms with Crippen molar-refractivity contribution < 1.29 is 23.8 Å². The number of carbonyl (C=O) groups is 2. The predicted octanol–water partition coefficient (Wildman–Crippen LogP) is 3.25. The van der Waals surface area contributed by atoms with Gasteiger partial charge in [-0.2, -0.15) is 0 Å². The second-order valence-corrected chi connectivity index (χ2v) is 6.74. The summed E-state index contributed by atoms with van der Waals surface area (Å²) in [6, 6.07) is 7.32. The van der Waals surface area contributed by atoms with Crippen molar-refractivity contribution in [2.45, 2.75) is 32.7 Å². The van der Waals surface area contributed by atoms with Crippen LogP contribution in [0.1, 0.15) is 51.0 Å². The van der Waals surface area contributed by atoms with Gasteiger partial charge in [-0.25, -0.2) is 4.79 Å². The van der Waals surface area contributed by atoms with Gasteiger partial charge >= 0.3 is 5.97 Å². The number of fused-ring (bicyclic) bond motifs is 1. The van der Waals surface area contributed by atoms with Crippen molar-refractivity contribution >= 4 is 11.8 Å². The SMILES string of the molecule is Cc1cc(C(=O)OCC(=O)c2ccc3c(c2)OCCO3)c(C)n1C1CC1. The molecule has 0 saturated heterocycles. The van der Waals surface area contributed by atoms with Crippen LogP contribution in [0.5, 0.6) is 11.5 Å². The van der Waals surface area contributed by atoms with Crippen molar-refractivity contribution in [3.63, 3.8) is 0 Å². The van der Waals surface area contributed by atoms with Gasteiger partial charge in [0, 0.05) is 23.0 Å². The van der Waals surface area contributed by atoms with E-state index in [1.807, 2.05) is 19.9 Å². The molecule has 0 N–H and O–H groups in total.